The highest BCUT2D eigenvalue weighted by molar-refractivity contribution is 5.80. The summed E-state index contributed by atoms with van der Waals surface area (Å²) in [7, 11) is 1.75. The molecule has 146 valence electrons. The first-order chi connectivity index (χ1) is 13.2. The van der Waals surface area contributed by atoms with E-state index in [1.165, 1.54) is 11.1 Å². The van der Waals surface area contributed by atoms with Gasteiger partial charge in [0.25, 0.3) is 0 Å². The van der Waals surface area contributed by atoms with Crippen molar-refractivity contribution in [2.24, 2.45) is 0 Å². The van der Waals surface area contributed by atoms with Crippen LogP contribution in [0.3, 0.4) is 0 Å². The molecule has 0 radical (unpaired) electrons. The second-order valence-electron chi connectivity index (χ2n) is 7.93. The Hall–Kier alpha value is -1.92. The van der Waals surface area contributed by atoms with Gasteiger partial charge < -0.3 is 20.3 Å². The van der Waals surface area contributed by atoms with E-state index in [1.807, 2.05) is 6.07 Å². The van der Waals surface area contributed by atoms with Gasteiger partial charge in [0, 0.05) is 38.5 Å². The van der Waals surface area contributed by atoms with Gasteiger partial charge in [0.05, 0.1) is 12.1 Å². The van der Waals surface area contributed by atoms with E-state index in [4.69, 9.17) is 4.74 Å². The van der Waals surface area contributed by atoms with Crippen molar-refractivity contribution >= 4 is 11.8 Å². The summed E-state index contributed by atoms with van der Waals surface area (Å²) in [5.41, 5.74) is 2.45. The molecule has 2 N–H and O–H groups in total. The van der Waals surface area contributed by atoms with Crippen molar-refractivity contribution in [3.8, 4) is 0 Å². The lowest BCUT2D eigenvalue weighted by Crippen LogP contribution is -2.49. The predicted octanol–water partition coefficient (Wildman–Crippen LogP) is 1.51. The van der Waals surface area contributed by atoms with E-state index >= 15 is 0 Å². The standard InChI is InChI=1S/C21H29N3O3/c1-27-20-19(23-17(25)8-14-24-13-4-7-18(24)26)15-5-2-3-6-16(15)21(20)9-11-22-12-10-21/h2-3,5-6,19-20,22H,4,7-14H2,1H3,(H,23,25)/t19-,20+/m1/s1. The molecule has 1 aliphatic carbocycles. The fourth-order valence-corrected chi connectivity index (χ4v) is 5.22. The normalized spacial score (nSPS) is 26.4. The summed E-state index contributed by atoms with van der Waals surface area (Å²) in [5, 5.41) is 6.67. The van der Waals surface area contributed by atoms with Crippen LogP contribution in [0.5, 0.6) is 0 Å². The van der Waals surface area contributed by atoms with Gasteiger partial charge >= 0.3 is 0 Å². The number of amides is 2. The first kappa shape index (κ1) is 18.4. The summed E-state index contributed by atoms with van der Waals surface area (Å²) in [6.07, 6.45) is 3.82. The molecule has 2 fully saturated rings. The summed E-state index contributed by atoms with van der Waals surface area (Å²) in [6.45, 7) is 3.21. The van der Waals surface area contributed by atoms with Crippen LogP contribution in [0.1, 0.15) is 49.3 Å². The Bertz CT molecular complexity index is 714. The number of fused-ring (bicyclic) bond motifs is 2. The smallest absolute Gasteiger partial charge is 0.222 e. The van der Waals surface area contributed by atoms with Crippen LogP contribution >= 0.6 is 0 Å². The number of methoxy groups -OCH3 is 1. The minimum absolute atomic E-state index is 0.0115. The van der Waals surface area contributed by atoms with E-state index < -0.39 is 0 Å². The molecule has 1 aromatic carbocycles. The number of benzene rings is 1. The molecule has 1 aromatic rings. The summed E-state index contributed by atoms with van der Waals surface area (Å²) in [6, 6.07) is 8.30. The molecule has 2 aliphatic heterocycles. The van der Waals surface area contributed by atoms with Crippen LogP contribution in [0.2, 0.25) is 0 Å². The summed E-state index contributed by atoms with van der Waals surface area (Å²) in [5.74, 6) is 0.153. The molecule has 0 unspecified atom stereocenters. The number of carbonyl (C=O) groups is 2. The van der Waals surface area contributed by atoms with Crippen LogP contribution in [0, 0.1) is 0 Å². The highest BCUT2D eigenvalue weighted by Crippen LogP contribution is 2.51. The first-order valence-corrected chi connectivity index (χ1v) is 10.1. The maximum atomic E-state index is 12.7. The average Bonchev–Trinajstić information content (AvgIpc) is 3.21. The summed E-state index contributed by atoms with van der Waals surface area (Å²) in [4.78, 5) is 26.2. The maximum Gasteiger partial charge on any atom is 0.222 e. The van der Waals surface area contributed by atoms with Gasteiger partial charge in [0.15, 0.2) is 0 Å². The minimum Gasteiger partial charge on any atom is -0.378 e. The predicted molar refractivity (Wildman–Crippen MR) is 102 cm³/mol. The Morgan fingerprint density at radius 2 is 2.11 bits per heavy atom. The number of hydrogen-bond acceptors (Lipinski definition) is 4. The molecule has 2 amide bonds. The number of hydrogen-bond donors (Lipinski definition) is 2. The van der Waals surface area contributed by atoms with Gasteiger partial charge in [-0.3, -0.25) is 9.59 Å². The molecule has 4 rings (SSSR count). The number of rotatable bonds is 5. The highest BCUT2D eigenvalue weighted by atomic mass is 16.5. The Kier molecular flexibility index (Phi) is 5.19. The summed E-state index contributed by atoms with van der Waals surface area (Å²) < 4.78 is 5.99. The zero-order chi connectivity index (χ0) is 18.9. The van der Waals surface area contributed by atoms with Crippen molar-refractivity contribution < 1.29 is 14.3 Å². The molecule has 2 atom stereocenters. The van der Waals surface area contributed by atoms with Crippen LogP contribution < -0.4 is 10.6 Å². The molecule has 0 saturated carbocycles. The van der Waals surface area contributed by atoms with E-state index in [2.05, 4.69) is 28.8 Å². The minimum atomic E-state index is -0.133. The number of nitrogens with zero attached hydrogens (tertiary/aromatic N) is 1. The maximum absolute atomic E-state index is 12.7. The molecule has 2 saturated heterocycles. The average molecular weight is 371 g/mol. The molecule has 1 spiro atoms. The molecule has 3 aliphatic rings. The Balaban J connectivity index is 1.51. The van der Waals surface area contributed by atoms with E-state index in [0.717, 1.165) is 38.9 Å². The van der Waals surface area contributed by atoms with Crippen LogP contribution in [0.4, 0.5) is 0 Å². The highest BCUT2D eigenvalue weighted by Gasteiger charge is 2.53. The lowest BCUT2D eigenvalue weighted by atomic mass is 9.72. The van der Waals surface area contributed by atoms with E-state index in [-0.39, 0.29) is 29.4 Å². The lowest BCUT2D eigenvalue weighted by molar-refractivity contribution is -0.128. The number of ether oxygens (including phenoxy) is 1. The van der Waals surface area contributed by atoms with Crippen molar-refractivity contribution in [3.05, 3.63) is 35.4 Å². The van der Waals surface area contributed by atoms with Crippen molar-refractivity contribution in [1.82, 2.24) is 15.5 Å². The quantitative estimate of drug-likeness (QED) is 0.823. The second-order valence-corrected chi connectivity index (χ2v) is 7.93. The molecule has 0 bridgehead atoms. The van der Waals surface area contributed by atoms with Crippen molar-refractivity contribution in [2.75, 3.05) is 33.3 Å². The van der Waals surface area contributed by atoms with E-state index in [9.17, 15) is 9.59 Å². The Morgan fingerprint density at radius 3 is 2.81 bits per heavy atom. The number of nitrogens with one attached hydrogen (secondary N) is 2. The topological polar surface area (TPSA) is 70.7 Å². The van der Waals surface area contributed by atoms with Gasteiger partial charge in [-0.05, 0) is 43.5 Å². The van der Waals surface area contributed by atoms with Gasteiger partial charge in [-0.25, -0.2) is 0 Å². The van der Waals surface area contributed by atoms with Crippen molar-refractivity contribution in [3.63, 3.8) is 0 Å². The monoisotopic (exact) mass is 371 g/mol. The molecule has 2 heterocycles. The van der Waals surface area contributed by atoms with Crippen LogP contribution in [0.25, 0.3) is 0 Å². The third-order valence-corrected chi connectivity index (χ3v) is 6.53. The van der Waals surface area contributed by atoms with E-state index in [1.54, 1.807) is 12.0 Å². The second kappa shape index (κ2) is 7.60. The third-order valence-electron chi connectivity index (χ3n) is 6.53. The van der Waals surface area contributed by atoms with Crippen LogP contribution in [-0.2, 0) is 19.7 Å². The van der Waals surface area contributed by atoms with Gasteiger partial charge in [0.1, 0.15) is 0 Å². The summed E-state index contributed by atoms with van der Waals surface area (Å²) >= 11 is 0. The van der Waals surface area contributed by atoms with Gasteiger partial charge in [-0.1, -0.05) is 24.3 Å². The fourth-order valence-electron chi connectivity index (χ4n) is 5.22. The van der Waals surface area contributed by atoms with Gasteiger partial charge in [-0.15, -0.1) is 0 Å². The molecule has 6 heteroatoms. The number of carbonyl (C=O) groups excluding carboxylic acids is 2. The zero-order valence-corrected chi connectivity index (χ0v) is 16.0. The fraction of sp³-hybridized carbons (Fsp3) is 0.619. The molecule has 27 heavy (non-hydrogen) atoms. The molecule has 0 aromatic heterocycles. The van der Waals surface area contributed by atoms with Gasteiger partial charge in [-0.2, -0.15) is 0 Å². The van der Waals surface area contributed by atoms with Crippen LogP contribution in [-0.4, -0.2) is 56.1 Å². The molecule has 6 nitrogen and oxygen atoms in total. The Morgan fingerprint density at radius 1 is 1.33 bits per heavy atom. The molecular weight excluding hydrogens is 342 g/mol. The van der Waals surface area contributed by atoms with Crippen molar-refractivity contribution in [1.29, 1.82) is 0 Å². The van der Waals surface area contributed by atoms with E-state index in [0.29, 0.717) is 19.4 Å². The third kappa shape index (κ3) is 3.25. The number of piperidine rings is 1. The lowest BCUT2D eigenvalue weighted by Gasteiger charge is -2.40. The first-order valence-electron chi connectivity index (χ1n) is 10.1. The number of likely N-dealkylation sites (tertiary alicyclic amines) is 1. The van der Waals surface area contributed by atoms with Crippen LogP contribution in [0.15, 0.2) is 24.3 Å². The largest absolute Gasteiger partial charge is 0.378 e. The van der Waals surface area contributed by atoms with Crippen molar-refractivity contribution in [2.45, 2.75) is 49.7 Å². The van der Waals surface area contributed by atoms with Gasteiger partial charge in [0.2, 0.25) is 11.8 Å². The SMILES string of the molecule is CO[C@H]1[C@H](NC(=O)CCN2CCCC2=O)c2ccccc2C12CCNCC2. The Labute approximate surface area is 160 Å². The molecular formula is C21H29N3O3. The zero-order valence-electron chi connectivity index (χ0n) is 16.0.